The van der Waals surface area contributed by atoms with Crippen LogP contribution in [0.1, 0.15) is 46.6 Å². The summed E-state index contributed by atoms with van der Waals surface area (Å²) in [5, 5.41) is -1.25. The maximum Gasteiger partial charge on any atom is 0.224 e. The zero-order valence-corrected chi connectivity index (χ0v) is 24.4. The molecular formula is C26H26Cl4N6O2S2. The number of thioether (sulfide) groups is 1. The highest BCUT2D eigenvalue weighted by molar-refractivity contribution is 8.00. The minimum absolute atomic E-state index is 0.0274. The predicted molar refractivity (Wildman–Crippen MR) is 167 cm³/mol. The fraction of sp³-hybridized carbons (Fsp3) is 0.231. The highest BCUT2D eigenvalue weighted by Crippen LogP contribution is 2.33. The van der Waals surface area contributed by atoms with Crippen LogP contribution in [0.15, 0.2) is 70.7 Å². The Balaban J connectivity index is 0.000000291. The molecule has 0 unspecified atom stereocenters. The van der Waals surface area contributed by atoms with Gasteiger partial charge in [-0.2, -0.15) is 9.97 Å². The lowest BCUT2D eigenvalue weighted by atomic mass is 10.3. The van der Waals surface area contributed by atoms with Crippen molar-refractivity contribution in [2.75, 3.05) is 10.6 Å². The van der Waals surface area contributed by atoms with Crippen LogP contribution in [0, 0.1) is 0 Å². The molecule has 0 aliphatic rings. The lowest BCUT2D eigenvalue weighted by Gasteiger charge is -2.14. The lowest BCUT2D eigenvalue weighted by Crippen LogP contribution is -2.15. The summed E-state index contributed by atoms with van der Waals surface area (Å²) < 4.78 is 132. The maximum atomic E-state index is 13.1. The van der Waals surface area contributed by atoms with E-state index in [1.165, 1.54) is 30.5 Å². The van der Waals surface area contributed by atoms with Crippen molar-refractivity contribution < 1.29 is 27.6 Å². The topological polar surface area (TPSA) is 110 Å². The minimum atomic E-state index is -5.23. The van der Waals surface area contributed by atoms with Crippen molar-refractivity contribution in [2.24, 2.45) is 0 Å². The average Bonchev–Trinajstić information content (AvgIpc) is 3.03. The molecule has 0 saturated heterocycles. The van der Waals surface area contributed by atoms with Crippen LogP contribution < -0.4 is 10.6 Å². The molecule has 0 fully saturated rings. The molecule has 2 N–H and O–H groups in total. The van der Waals surface area contributed by atoms with Gasteiger partial charge in [0.15, 0.2) is 21.5 Å². The largest absolute Gasteiger partial charge is 0.338 e. The number of sulfone groups is 1. The first-order valence-electron chi connectivity index (χ1n) is 17.5. The van der Waals surface area contributed by atoms with Crippen molar-refractivity contribution in [1.82, 2.24) is 19.9 Å². The van der Waals surface area contributed by atoms with Crippen molar-refractivity contribution in [2.45, 2.75) is 47.7 Å². The summed E-state index contributed by atoms with van der Waals surface area (Å²) in [4.78, 5) is 14.6. The van der Waals surface area contributed by atoms with Crippen LogP contribution >= 0.6 is 58.2 Å². The number of benzene rings is 2. The standard InChI is InChI=1S/C13H13Cl2N3O2S.C13H13Cl2N3S/c1-8(2)21(19,20)11-6-4-3-5-10(11)17-12-9(14)7-16-13(15)18-12;1-8(2)19-11-6-4-3-5-10(11)17-12-9(14)7-16-13(15)18-12/h3-8H,1-2H3,(H,16,17,18);3-8H,1-2H3,(H,16,17,18)/i2*1D3,2D3,8D. The summed E-state index contributed by atoms with van der Waals surface area (Å²) in [6.45, 7) is -13.4. The molecule has 0 atom stereocenters. The highest BCUT2D eigenvalue weighted by atomic mass is 35.5. The molecular weight excluding hydrogens is 634 g/mol. The van der Waals surface area contributed by atoms with Gasteiger partial charge in [0.1, 0.15) is 10.0 Å². The first-order valence-corrected chi connectivity index (χ1v) is 14.3. The van der Waals surface area contributed by atoms with Gasteiger partial charge in [0.2, 0.25) is 10.6 Å². The van der Waals surface area contributed by atoms with E-state index in [0.29, 0.717) is 17.4 Å². The Hall–Kier alpha value is -2.34. The second kappa shape index (κ2) is 14.5. The third kappa shape index (κ3) is 8.83. The lowest BCUT2D eigenvalue weighted by molar-refractivity contribution is 0.588. The number of hydrogen-bond donors (Lipinski definition) is 2. The van der Waals surface area contributed by atoms with E-state index in [9.17, 15) is 8.42 Å². The van der Waals surface area contributed by atoms with E-state index in [2.05, 4.69) is 30.6 Å². The Labute approximate surface area is 277 Å². The van der Waals surface area contributed by atoms with Crippen LogP contribution in [0.25, 0.3) is 0 Å². The molecule has 4 aromatic rings. The van der Waals surface area contributed by atoms with Crippen molar-refractivity contribution >= 4 is 91.0 Å². The van der Waals surface area contributed by atoms with Crippen LogP contribution in [0.4, 0.5) is 23.0 Å². The summed E-state index contributed by atoms with van der Waals surface area (Å²) in [6.07, 6.45) is 2.44. The zero-order valence-electron chi connectivity index (χ0n) is 33.7. The predicted octanol–water partition coefficient (Wildman–Crippen LogP) is 8.74. The Morgan fingerprint density at radius 3 is 1.90 bits per heavy atom. The van der Waals surface area contributed by atoms with Crippen LogP contribution in [0.3, 0.4) is 0 Å². The summed E-state index contributed by atoms with van der Waals surface area (Å²) in [7, 11) is -5.23. The van der Waals surface area contributed by atoms with Gasteiger partial charge in [0.25, 0.3) is 0 Å². The Morgan fingerprint density at radius 2 is 1.32 bits per heavy atom. The average molecular weight is 675 g/mol. The van der Waals surface area contributed by atoms with Gasteiger partial charge in [-0.25, -0.2) is 18.4 Å². The fourth-order valence-electron chi connectivity index (χ4n) is 2.80. The van der Waals surface area contributed by atoms with Crippen molar-refractivity contribution in [3.63, 3.8) is 0 Å². The fourth-order valence-corrected chi connectivity index (χ4v) is 4.83. The Kier molecular flexibility index (Phi) is 6.38. The molecule has 0 aliphatic heterocycles. The van der Waals surface area contributed by atoms with E-state index in [1.54, 1.807) is 18.2 Å². The molecule has 0 saturated carbocycles. The van der Waals surface area contributed by atoms with Gasteiger partial charge in [-0.05, 0) is 61.2 Å². The molecule has 0 radical (unpaired) electrons. The van der Waals surface area contributed by atoms with E-state index < -0.39 is 52.6 Å². The molecule has 4 rings (SSSR count). The molecule has 2 aromatic carbocycles. The van der Waals surface area contributed by atoms with Gasteiger partial charge in [-0.3, -0.25) is 0 Å². The summed E-state index contributed by atoms with van der Waals surface area (Å²) in [5.74, 6) is 0.0701. The third-order valence-corrected chi connectivity index (χ3v) is 7.65. The number of aromatic nitrogens is 4. The van der Waals surface area contributed by atoms with Gasteiger partial charge in [0.05, 0.1) is 33.9 Å². The van der Waals surface area contributed by atoms with Gasteiger partial charge < -0.3 is 10.6 Å². The SMILES string of the molecule is [2H]C([2H])([2H])C([2H])(C([2H])([2H])[2H])S(=O)(=O)c1ccccc1Nc1nc(Cl)ncc1Cl.[2H]C([2H])([2H])C([2H])(Sc1ccccc1Nc1nc(Cl)ncc1Cl)C([2H])([2H])[2H]. The van der Waals surface area contributed by atoms with Crippen LogP contribution in [0.2, 0.25) is 20.6 Å². The smallest absolute Gasteiger partial charge is 0.224 e. The number of para-hydroxylation sites is 2. The molecule has 14 heteroatoms. The second-order valence-corrected chi connectivity index (χ2v) is 11.6. The van der Waals surface area contributed by atoms with Gasteiger partial charge in [-0.1, -0.05) is 61.2 Å². The van der Waals surface area contributed by atoms with E-state index in [4.69, 9.17) is 65.6 Å². The monoisotopic (exact) mass is 672 g/mol. The Bertz CT molecular complexity index is 2060. The molecule has 0 spiro atoms. The van der Waals surface area contributed by atoms with E-state index in [0.717, 1.165) is 12.3 Å². The third-order valence-electron chi connectivity index (χ3n) is 4.48. The summed E-state index contributed by atoms with van der Waals surface area (Å²) >= 11 is 23.8. The molecule has 2 heterocycles. The molecule has 0 bridgehead atoms. The van der Waals surface area contributed by atoms with Crippen molar-refractivity contribution in [1.29, 1.82) is 0 Å². The normalized spacial score (nSPS) is 18.2. The van der Waals surface area contributed by atoms with E-state index in [1.807, 2.05) is 0 Å². The number of rotatable bonds is 8. The molecule has 0 amide bonds. The first-order chi connectivity index (χ1) is 24.5. The summed E-state index contributed by atoms with van der Waals surface area (Å²) in [6, 6.07) is 11.2. The number of nitrogens with zero attached hydrogens (tertiary/aromatic N) is 4. The van der Waals surface area contributed by atoms with Crippen LogP contribution in [-0.2, 0) is 9.84 Å². The zero-order chi connectivity index (χ0) is 41.3. The quantitative estimate of drug-likeness (QED) is 0.140. The van der Waals surface area contributed by atoms with Crippen LogP contribution in [0.5, 0.6) is 0 Å². The molecule has 212 valence electrons. The molecule has 8 nitrogen and oxygen atoms in total. The first kappa shape index (κ1) is 17.6. The number of nitrogens with one attached hydrogen (secondary N) is 2. The summed E-state index contributed by atoms with van der Waals surface area (Å²) in [5.41, 5.74) is 0.101. The highest BCUT2D eigenvalue weighted by Gasteiger charge is 2.23. The number of hydrogen-bond acceptors (Lipinski definition) is 9. The van der Waals surface area contributed by atoms with Crippen molar-refractivity contribution in [3.05, 3.63) is 81.5 Å². The second-order valence-electron chi connectivity index (χ2n) is 7.18. The van der Waals surface area contributed by atoms with E-state index in [-0.39, 0.29) is 42.8 Å². The van der Waals surface area contributed by atoms with Crippen LogP contribution in [-0.4, -0.2) is 38.8 Å². The Morgan fingerprint density at radius 1 is 0.800 bits per heavy atom. The molecule has 2 aromatic heterocycles. The number of halogens is 4. The minimum Gasteiger partial charge on any atom is -0.338 e. The number of anilines is 4. The van der Waals surface area contributed by atoms with Gasteiger partial charge in [0, 0.05) is 29.3 Å². The van der Waals surface area contributed by atoms with Gasteiger partial charge in [-0.15, -0.1) is 11.8 Å². The maximum absolute atomic E-state index is 13.1. The van der Waals surface area contributed by atoms with Crippen molar-refractivity contribution in [3.8, 4) is 0 Å². The van der Waals surface area contributed by atoms with Gasteiger partial charge >= 0.3 is 0 Å². The molecule has 0 aliphatic carbocycles. The van der Waals surface area contributed by atoms with E-state index >= 15 is 0 Å². The molecule has 40 heavy (non-hydrogen) atoms.